The Morgan fingerprint density at radius 3 is 3.00 bits per heavy atom. The molecule has 1 aromatic heterocycles. The van der Waals surface area contributed by atoms with Crippen molar-refractivity contribution in [1.29, 1.82) is 0 Å². The van der Waals surface area contributed by atoms with Crippen LogP contribution >= 0.6 is 11.3 Å². The average molecular weight is 214 g/mol. The molecule has 0 radical (unpaired) electrons. The number of nitrogens with two attached hydrogens (primary N) is 1. The molecule has 5 heteroatoms. The van der Waals surface area contributed by atoms with Crippen molar-refractivity contribution in [3.8, 4) is 0 Å². The van der Waals surface area contributed by atoms with Gasteiger partial charge in [-0.05, 0) is 20.0 Å². The van der Waals surface area contributed by atoms with E-state index in [0.29, 0.717) is 0 Å². The van der Waals surface area contributed by atoms with Gasteiger partial charge in [0.1, 0.15) is 0 Å². The molecular formula is C9H18N4S. The van der Waals surface area contributed by atoms with Crippen LogP contribution in [0.2, 0.25) is 0 Å². The number of hydrazine groups is 1. The Morgan fingerprint density at radius 1 is 1.64 bits per heavy atom. The molecular weight excluding hydrogens is 196 g/mol. The van der Waals surface area contributed by atoms with Crippen LogP contribution in [0.1, 0.15) is 24.6 Å². The standard InChI is InChI=1S/C9H18N4S/c1-3-4-5-13(2)7-8-6-11-9(12-10)14-8/h6H,3-5,7,10H2,1-2H3,(H,11,12). The second kappa shape index (κ2) is 5.95. The van der Waals surface area contributed by atoms with Crippen LogP contribution in [0.25, 0.3) is 0 Å². The molecule has 14 heavy (non-hydrogen) atoms. The number of nitrogen functional groups attached to an aromatic ring is 1. The van der Waals surface area contributed by atoms with E-state index in [9.17, 15) is 0 Å². The van der Waals surface area contributed by atoms with Gasteiger partial charge in [0.2, 0.25) is 0 Å². The number of aromatic nitrogens is 1. The lowest BCUT2D eigenvalue weighted by molar-refractivity contribution is 0.323. The van der Waals surface area contributed by atoms with E-state index in [1.54, 1.807) is 11.3 Å². The lowest BCUT2D eigenvalue weighted by atomic mass is 10.3. The molecule has 4 nitrogen and oxygen atoms in total. The van der Waals surface area contributed by atoms with Gasteiger partial charge in [-0.2, -0.15) is 0 Å². The largest absolute Gasteiger partial charge is 0.301 e. The normalized spacial score (nSPS) is 10.9. The van der Waals surface area contributed by atoms with E-state index in [1.165, 1.54) is 17.7 Å². The number of unbranched alkanes of at least 4 members (excludes halogenated alkanes) is 1. The van der Waals surface area contributed by atoms with Crippen molar-refractivity contribution in [2.45, 2.75) is 26.3 Å². The summed E-state index contributed by atoms with van der Waals surface area (Å²) in [6, 6.07) is 0. The highest BCUT2D eigenvalue weighted by atomic mass is 32.1. The third-order valence-corrected chi connectivity index (χ3v) is 2.91. The van der Waals surface area contributed by atoms with E-state index in [4.69, 9.17) is 5.84 Å². The van der Waals surface area contributed by atoms with Gasteiger partial charge in [0.25, 0.3) is 0 Å². The maximum Gasteiger partial charge on any atom is 0.197 e. The third-order valence-electron chi connectivity index (χ3n) is 2.00. The summed E-state index contributed by atoms with van der Waals surface area (Å²) in [5, 5.41) is 0.781. The van der Waals surface area contributed by atoms with Gasteiger partial charge in [-0.3, -0.25) is 5.43 Å². The van der Waals surface area contributed by atoms with Crippen LogP contribution in [0.4, 0.5) is 5.13 Å². The van der Waals surface area contributed by atoms with Crippen LogP contribution in [-0.2, 0) is 6.54 Å². The first kappa shape index (κ1) is 11.4. The lowest BCUT2D eigenvalue weighted by Crippen LogP contribution is -2.18. The van der Waals surface area contributed by atoms with Gasteiger partial charge in [0.05, 0.1) is 0 Å². The molecule has 0 aliphatic rings. The predicted octanol–water partition coefficient (Wildman–Crippen LogP) is 1.66. The summed E-state index contributed by atoms with van der Waals surface area (Å²) in [5.74, 6) is 5.26. The van der Waals surface area contributed by atoms with Crippen LogP contribution in [0.5, 0.6) is 0 Å². The molecule has 0 spiro atoms. The minimum atomic E-state index is 0.781. The molecule has 0 aliphatic carbocycles. The highest BCUT2D eigenvalue weighted by Gasteiger charge is 2.03. The molecule has 0 amide bonds. The Hall–Kier alpha value is -0.650. The Balaban J connectivity index is 2.35. The molecule has 0 fully saturated rings. The van der Waals surface area contributed by atoms with Gasteiger partial charge in [-0.25, -0.2) is 10.8 Å². The predicted molar refractivity (Wildman–Crippen MR) is 61.2 cm³/mol. The van der Waals surface area contributed by atoms with Gasteiger partial charge >= 0.3 is 0 Å². The van der Waals surface area contributed by atoms with Crippen LogP contribution in [0, 0.1) is 0 Å². The Labute approximate surface area is 89.1 Å². The number of thiazole rings is 1. The van der Waals surface area contributed by atoms with Crippen molar-refractivity contribution in [1.82, 2.24) is 9.88 Å². The molecule has 80 valence electrons. The van der Waals surface area contributed by atoms with Gasteiger partial charge in [0.15, 0.2) is 5.13 Å². The highest BCUT2D eigenvalue weighted by molar-refractivity contribution is 7.15. The molecule has 0 saturated heterocycles. The van der Waals surface area contributed by atoms with E-state index in [-0.39, 0.29) is 0 Å². The maximum absolute atomic E-state index is 5.26. The summed E-state index contributed by atoms with van der Waals surface area (Å²) >= 11 is 1.61. The van der Waals surface area contributed by atoms with Gasteiger partial charge in [0, 0.05) is 17.6 Å². The number of nitrogens with one attached hydrogen (secondary N) is 1. The Kier molecular flexibility index (Phi) is 4.86. The van der Waals surface area contributed by atoms with Crippen LogP contribution in [0.3, 0.4) is 0 Å². The van der Waals surface area contributed by atoms with Crippen LogP contribution < -0.4 is 11.3 Å². The summed E-state index contributed by atoms with van der Waals surface area (Å²) in [6.45, 7) is 4.30. The zero-order valence-corrected chi connectivity index (χ0v) is 9.60. The lowest BCUT2D eigenvalue weighted by Gasteiger charge is -2.13. The number of nitrogens with zero attached hydrogens (tertiary/aromatic N) is 2. The molecule has 0 bridgehead atoms. The van der Waals surface area contributed by atoms with Crippen molar-refractivity contribution < 1.29 is 0 Å². The van der Waals surface area contributed by atoms with Crippen molar-refractivity contribution >= 4 is 16.5 Å². The number of anilines is 1. The molecule has 1 aromatic rings. The fourth-order valence-corrected chi connectivity index (χ4v) is 2.02. The van der Waals surface area contributed by atoms with Gasteiger partial charge < -0.3 is 4.90 Å². The molecule has 3 N–H and O–H groups in total. The number of hydrogen-bond donors (Lipinski definition) is 2. The molecule has 0 unspecified atom stereocenters. The highest BCUT2D eigenvalue weighted by Crippen LogP contribution is 2.18. The maximum atomic E-state index is 5.26. The van der Waals surface area contributed by atoms with E-state index in [2.05, 4.69) is 29.3 Å². The van der Waals surface area contributed by atoms with Crippen LogP contribution in [0.15, 0.2) is 6.20 Å². The SMILES string of the molecule is CCCCN(C)Cc1cnc(NN)s1. The fraction of sp³-hybridized carbons (Fsp3) is 0.667. The Morgan fingerprint density at radius 2 is 2.43 bits per heavy atom. The monoisotopic (exact) mass is 214 g/mol. The van der Waals surface area contributed by atoms with Crippen LogP contribution in [-0.4, -0.2) is 23.5 Å². The topological polar surface area (TPSA) is 54.2 Å². The summed E-state index contributed by atoms with van der Waals surface area (Å²) < 4.78 is 0. The van der Waals surface area contributed by atoms with E-state index < -0.39 is 0 Å². The first-order chi connectivity index (χ1) is 6.76. The van der Waals surface area contributed by atoms with E-state index >= 15 is 0 Å². The third kappa shape index (κ3) is 3.61. The Bertz CT molecular complexity index is 261. The summed E-state index contributed by atoms with van der Waals surface area (Å²) in [6.07, 6.45) is 4.36. The van der Waals surface area contributed by atoms with Crippen molar-refractivity contribution in [3.63, 3.8) is 0 Å². The number of hydrogen-bond acceptors (Lipinski definition) is 5. The molecule has 1 heterocycles. The zero-order chi connectivity index (χ0) is 10.4. The van der Waals surface area contributed by atoms with Gasteiger partial charge in [-0.1, -0.05) is 24.7 Å². The second-order valence-electron chi connectivity index (χ2n) is 3.37. The summed E-state index contributed by atoms with van der Waals surface area (Å²) in [7, 11) is 2.13. The molecule has 0 aromatic carbocycles. The summed E-state index contributed by atoms with van der Waals surface area (Å²) in [4.78, 5) is 7.67. The molecule has 1 rings (SSSR count). The van der Waals surface area contributed by atoms with E-state index in [0.717, 1.165) is 18.2 Å². The average Bonchev–Trinajstić information content (AvgIpc) is 2.62. The van der Waals surface area contributed by atoms with Crippen molar-refractivity contribution in [2.24, 2.45) is 5.84 Å². The first-order valence-electron chi connectivity index (χ1n) is 4.86. The molecule has 0 atom stereocenters. The number of rotatable bonds is 6. The van der Waals surface area contributed by atoms with E-state index in [1.807, 2.05) is 6.20 Å². The smallest absolute Gasteiger partial charge is 0.197 e. The quantitative estimate of drug-likeness (QED) is 0.558. The van der Waals surface area contributed by atoms with Gasteiger partial charge in [-0.15, -0.1) is 0 Å². The second-order valence-corrected chi connectivity index (χ2v) is 4.48. The van der Waals surface area contributed by atoms with Crippen molar-refractivity contribution in [2.75, 3.05) is 19.0 Å². The zero-order valence-electron chi connectivity index (χ0n) is 8.79. The minimum Gasteiger partial charge on any atom is -0.301 e. The molecule has 0 saturated carbocycles. The first-order valence-corrected chi connectivity index (χ1v) is 5.67. The fourth-order valence-electron chi connectivity index (χ4n) is 1.22. The minimum absolute atomic E-state index is 0.781. The van der Waals surface area contributed by atoms with Crippen molar-refractivity contribution in [3.05, 3.63) is 11.1 Å². The summed E-state index contributed by atoms with van der Waals surface area (Å²) in [5.41, 5.74) is 2.55. The molecule has 0 aliphatic heterocycles.